The summed E-state index contributed by atoms with van der Waals surface area (Å²) < 4.78 is 0. The van der Waals surface area contributed by atoms with Crippen LogP contribution in [0.2, 0.25) is 0 Å². The first-order valence-electron chi connectivity index (χ1n) is 7.41. The number of carbonyl (C=O) groups is 3. The molecule has 1 aromatic rings. The van der Waals surface area contributed by atoms with Crippen molar-refractivity contribution in [1.82, 2.24) is 5.32 Å². The van der Waals surface area contributed by atoms with Crippen molar-refractivity contribution < 1.29 is 14.4 Å². The molecular formula is C17H22N2O3. The molecule has 2 N–H and O–H groups in total. The van der Waals surface area contributed by atoms with Gasteiger partial charge in [0.25, 0.3) is 0 Å². The molecule has 22 heavy (non-hydrogen) atoms. The number of benzene rings is 1. The van der Waals surface area contributed by atoms with E-state index in [9.17, 15) is 14.4 Å². The third-order valence-electron chi connectivity index (χ3n) is 3.50. The molecule has 0 spiro atoms. The van der Waals surface area contributed by atoms with Crippen molar-refractivity contribution in [2.24, 2.45) is 11.8 Å². The van der Waals surface area contributed by atoms with Crippen molar-refractivity contribution >= 4 is 23.3 Å². The average molecular weight is 302 g/mol. The number of Topliss-reactive ketones (excluding diaryl/α,β-unsaturated/α-hetero) is 1. The van der Waals surface area contributed by atoms with Gasteiger partial charge in [0, 0.05) is 16.8 Å². The summed E-state index contributed by atoms with van der Waals surface area (Å²) in [6, 6.07) is 6.81. The summed E-state index contributed by atoms with van der Waals surface area (Å²) in [5.74, 6) is -0.844. The van der Waals surface area contributed by atoms with E-state index in [0.717, 1.165) is 0 Å². The largest absolute Gasteiger partial charge is 0.351 e. The summed E-state index contributed by atoms with van der Waals surface area (Å²) in [7, 11) is 0. The second-order valence-electron chi connectivity index (χ2n) is 6.81. The second-order valence-corrected chi connectivity index (χ2v) is 6.81. The number of hydrogen-bond acceptors (Lipinski definition) is 3. The van der Waals surface area contributed by atoms with Crippen LogP contribution in [0.4, 0.5) is 5.69 Å². The van der Waals surface area contributed by atoms with Crippen molar-refractivity contribution in [3.05, 3.63) is 29.8 Å². The van der Waals surface area contributed by atoms with Crippen LogP contribution in [0.5, 0.6) is 0 Å². The summed E-state index contributed by atoms with van der Waals surface area (Å²) in [5.41, 5.74) is 0.839. The van der Waals surface area contributed by atoms with Crippen LogP contribution in [0, 0.1) is 11.8 Å². The van der Waals surface area contributed by atoms with E-state index in [1.54, 1.807) is 24.3 Å². The minimum atomic E-state index is -0.295. The fourth-order valence-corrected chi connectivity index (χ4v) is 2.29. The Morgan fingerprint density at radius 3 is 2.32 bits per heavy atom. The maximum Gasteiger partial charge on any atom is 0.228 e. The van der Waals surface area contributed by atoms with Crippen LogP contribution >= 0.6 is 0 Å². The Bertz CT molecular complexity index is 617. The number of rotatable bonds is 4. The number of amides is 2. The molecule has 2 atom stereocenters. The van der Waals surface area contributed by atoms with Crippen molar-refractivity contribution in [2.45, 2.75) is 39.7 Å². The molecule has 0 aromatic heterocycles. The molecule has 0 saturated heterocycles. The van der Waals surface area contributed by atoms with Crippen molar-refractivity contribution in [2.75, 3.05) is 5.32 Å². The van der Waals surface area contributed by atoms with E-state index in [4.69, 9.17) is 0 Å². The lowest BCUT2D eigenvalue weighted by atomic mass is 10.1. The van der Waals surface area contributed by atoms with Gasteiger partial charge in [-0.05, 0) is 46.2 Å². The lowest BCUT2D eigenvalue weighted by Crippen LogP contribution is -2.42. The van der Waals surface area contributed by atoms with Gasteiger partial charge in [0.05, 0.1) is 11.8 Å². The van der Waals surface area contributed by atoms with Crippen molar-refractivity contribution in [3.63, 3.8) is 0 Å². The molecule has 0 radical (unpaired) electrons. The Morgan fingerprint density at radius 1 is 1.09 bits per heavy atom. The van der Waals surface area contributed by atoms with E-state index in [-0.39, 0.29) is 35.0 Å². The molecular weight excluding hydrogens is 280 g/mol. The standard InChI is InChI=1S/C17H22N2O3/c1-10(20)11-6-5-7-12(8-11)18-15(21)13-9-14(13)16(22)19-17(2,3)4/h5-8,13-14H,9H2,1-4H3,(H,18,21)(H,19,22). The zero-order chi connectivity index (χ0) is 16.5. The van der Waals surface area contributed by atoms with Gasteiger partial charge in [-0.1, -0.05) is 12.1 Å². The van der Waals surface area contributed by atoms with Gasteiger partial charge >= 0.3 is 0 Å². The SMILES string of the molecule is CC(=O)c1cccc(NC(=O)C2CC2C(=O)NC(C)(C)C)c1. The molecule has 5 heteroatoms. The van der Waals surface area contributed by atoms with Crippen LogP contribution < -0.4 is 10.6 Å². The predicted molar refractivity (Wildman–Crippen MR) is 84.6 cm³/mol. The summed E-state index contributed by atoms with van der Waals surface area (Å²) in [4.78, 5) is 35.5. The number of ketones is 1. The minimum absolute atomic E-state index is 0.0510. The Balaban J connectivity index is 1.93. The van der Waals surface area contributed by atoms with E-state index >= 15 is 0 Å². The molecule has 1 aliphatic rings. The van der Waals surface area contributed by atoms with Gasteiger partial charge in [0.15, 0.2) is 5.78 Å². The fourth-order valence-electron chi connectivity index (χ4n) is 2.29. The molecule has 2 rings (SSSR count). The maximum atomic E-state index is 12.2. The third-order valence-corrected chi connectivity index (χ3v) is 3.50. The van der Waals surface area contributed by atoms with Crippen LogP contribution in [0.25, 0.3) is 0 Å². The lowest BCUT2D eigenvalue weighted by Gasteiger charge is -2.20. The molecule has 0 aliphatic heterocycles. The van der Waals surface area contributed by atoms with Crippen LogP contribution in [0.15, 0.2) is 24.3 Å². The molecule has 2 unspecified atom stereocenters. The molecule has 5 nitrogen and oxygen atoms in total. The highest BCUT2D eigenvalue weighted by Gasteiger charge is 2.48. The van der Waals surface area contributed by atoms with Gasteiger partial charge in [-0.3, -0.25) is 14.4 Å². The second kappa shape index (κ2) is 5.91. The summed E-state index contributed by atoms with van der Waals surface area (Å²) in [5, 5.41) is 5.67. The number of anilines is 1. The average Bonchev–Trinajstić information content (AvgIpc) is 3.17. The number of nitrogens with one attached hydrogen (secondary N) is 2. The first-order valence-corrected chi connectivity index (χ1v) is 7.41. The Labute approximate surface area is 130 Å². The fraction of sp³-hybridized carbons (Fsp3) is 0.471. The van der Waals surface area contributed by atoms with E-state index in [2.05, 4.69) is 10.6 Å². The van der Waals surface area contributed by atoms with Crippen LogP contribution in [0.3, 0.4) is 0 Å². The third kappa shape index (κ3) is 4.16. The molecule has 1 fully saturated rings. The van der Waals surface area contributed by atoms with Crippen molar-refractivity contribution in [3.8, 4) is 0 Å². The van der Waals surface area contributed by atoms with Gasteiger partial charge in [0.1, 0.15) is 0 Å². The number of carbonyl (C=O) groups excluding carboxylic acids is 3. The van der Waals surface area contributed by atoms with E-state index in [0.29, 0.717) is 17.7 Å². The van der Waals surface area contributed by atoms with Gasteiger partial charge < -0.3 is 10.6 Å². The Hall–Kier alpha value is -2.17. The zero-order valence-corrected chi connectivity index (χ0v) is 13.4. The quantitative estimate of drug-likeness (QED) is 0.838. The van der Waals surface area contributed by atoms with E-state index in [1.165, 1.54) is 6.92 Å². The molecule has 0 heterocycles. The molecule has 2 amide bonds. The van der Waals surface area contributed by atoms with Gasteiger partial charge in [-0.25, -0.2) is 0 Å². The van der Waals surface area contributed by atoms with Crippen LogP contribution in [0.1, 0.15) is 44.5 Å². The van der Waals surface area contributed by atoms with Gasteiger partial charge in [-0.15, -0.1) is 0 Å². The smallest absolute Gasteiger partial charge is 0.228 e. The van der Waals surface area contributed by atoms with Crippen LogP contribution in [-0.4, -0.2) is 23.1 Å². The normalized spacial score (nSPS) is 20.2. The first-order chi connectivity index (χ1) is 10.2. The van der Waals surface area contributed by atoms with Crippen molar-refractivity contribution in [1.29, 1.82) is 0 Å². The molecule has 1 aromatic carbocycles. The highest BCUT2D eigenvalue weighted by molar-refractivity contribution is 6.01. The first kappa shape index (κ1) is 16.2. The topological polar surface area (TPSA) is 75.3 Å². The summed E-state index contributed by atoms with van der Waals surface area (Å²) in [6.07, 6.45) is 0.570. The van der Waals surface area contributed by atoms with Crippen LogP contribution in [-0.2, 0) is 9.59 Å². The van der Waals surface area contributed by atoms with E-state index < -0.39 is 0 Å². The Kier molecular flexibility index (Phi) is 4.35. The maximum absolute atomic E-state index is 12.2. The van der Waals surface area contributed by atoms with Gasteiger partial charge in [-0.2, -0.15) is 0 Å². The molecule has 1 saturated carbocycles. The Morgan fingerprint density at radius 2 is 1.73 bits per heavy atom. The highest BCUT2D eigenvalue weighted by atomic mass is 16.2. The summed E-state index contributed by atoms with van der Waals surface area (Å²) in [6.45, 7) is 7.22. The molecule has 0 bridgehead atoms. The predicted octanol–water partition coefficient (Wildman–Crippen LogP) is 2.38. The zero-order valence-electron chi connectivity index (χ0n) is 13.4. The molecule has 1 aliphatic carbocycles. The molecule has 118 valence electrons. The lowest BCUT2D eigenvalue weighted by molar-refractivity contribution is -0.126. The highest BCUT2D eigenvalue weighted by Crippen LogP contribution is 2.39. The monoisotopic (exact) mass is 302 g/mol. The van der Waals surface area contributed by atoms with E-state index in [1.807, 2.05) is 20.8 Å². The van der Waals surface area contributed by atoms with Gasteiger partial charge in [0.2, 0.25) is 11.8 Å². The summed E-state index contributed by atoms with van der Waals surface area (Å²) >= 11 is 0. The minimum Gasteiger partial charge on any atom is -0.351 e. The number of hydrogen-bond donors (Lipinski definition) is 2.